The molecule has 0 aliphatic carbocycles. The van der Waals surface area contributed by atoms with Crippen LogP contribution in [0.15, 0.2) is 47.4 Å². The Morgan fingerprint density at radius 2 is 1.81 bits per heavy atom. The van der Waals surface area contributed by atoms with Crippen LogP contribution in [-0.2, 0) is 14.8 Å². The minimum Gasteiger partial charge on any atom is -0.493 e. The molecule has 2 aromatic rings. The number of ether oxygens (including phenoxy) is 2. The van der Waals surface area contributed by atoms with E-state index in [2.05, 4.69) is 5.32 Å². The largest absolute Gasteiger partial charge is 0.493 e. The van der Waals surface area contributed by atoms with Gasteiger partial charge in [-0.3, -0.25) is 4.79 Å². The molecular formula is C18H19N3O5S. The average Bonchev–Trinajstić information content (AvgIpc) is 2.66. The van der Waals surface area contributed by atoms with Crippen molar-refractivity contribution in [1.82, 2.24) is 4.31 Å². The van der Waals surface area contributed by atoms with Crippen LogP contribution in [0.3, 0.4) is 0 Å². The lowest BCUT2D eigenvalue weighted by atomic mass is 10.2. The van der Waals surface area contributed by atoms with Gasteiger partial charge in [0.05, 0.1) is 23.6 Å². The number of amides is 1. The maximum Gasteiger partial charge on any atom is 0.262 e. The van der Waals surface area contributed by atoms with E-state index in [0.29, 0.717) is 22.7 Å². The van der Waals surface area contributed by atoms with Crippen LogP contribution < -0.4 is 14.8 Å². The molecule has 0 heterocycles. The molecule has 0 saturated carbocycles. The van der Waals surface area contributed by atoms with Crippen LogP contribution >= 0.6 is 0 Å². The molecule has 0 unspecified atom stereocenters. The minimum atomic E-state index is -3.52. The predicted molar refractivity (Wildman–Crippen MR) is 99.1 cm³/mol. The number of rotatable bonds is 7. The summed E-state index contributed by atoms with van der Waals surface area (Å²) in [6.07, 6.45) is 0. The van der Waals surface area contributed by atoms with E-state index in [1.807, 2.05) is 6.07 Å². The van der Waals surface area contributed by atoms with E-state index in [1.165, 1.54) is 51.5 Å². The van der Waals surface area contributed by atoms with Crippen LogP contribution in [0.1, 0.15) is 5.56 Å². The van der Waals surface area contributed by atoms with Crippen molar-refractivity contribution in [1.29, 1.82) is 5.26 Å². The first-order valence-electron chi connectivity index (χ1n) is 7.81. The summed E-state index contributed by atoms with van der Waals surface area (Å²) in [4.78, 5) is 12.2. The molecule has 0 saturated heterocycles. The fraction of sp³-hybridized carbons (Fsp3) is 0.222. The van der Waals surface area contributed by atoms with Crippen molar-refractivity contribution in [2.24, 2.45) is 0 Å². The standard InChI is InChI=1S/C18H19N3O5S/c1-21(2)27(23,24)15-7-5-14(6-8-15)20-18(22)12-26-16-9-4-13(11-19)10-17(16)25-3/h4-10H,12H2,1-3H3,(H,20,22). The Bertz CT molecular complexity index is 963. The number of sulfonamides is 1. The van der Waals surface area contributed by atoms with E-state index in [-0.39, 0.29) is 11.5 Å². The molecule has 0 radical (unpaired) electrons. The van der Waals surface area contributed by atoms with Gasteiger partial charge in [-0.15, -0.1) is 0 Å². The first kappa shape index (κ1) is 20.2. The summed E-state index contributed by atoms with van der Waals surface area (Å²) in [5, 5.41) is 11.5. The fourth-order valence-corrected chi connectivity index (χ4v) is 3.02. The van der Waals surface area contributed by atoms with Crippen LogP contribution in [0.4, 0.5) is 5.69 Å². The van der Waals surface area contributed by atoms with Gasteiger partial charge in [0.1, 0.15) is 0 Å². The Morgan fingerprint density at radius 3 is 2.37 bits per heavy atom. The molecule has 0 aliphatic rings. The van der Waals surface area contributed by atoms with Crippen molar-refractivity contribution < 1.29 is 22.7 Å². The number of benzene rings is 2. The van der Waals surface area contributed by atoms with Gasteiger partial charge in [-0.1, -0.05) is 0 Å². The number of carbonyl (C=O) groups is 1. The van der Waals surface area contributed by atoms with Crippen LogP contribution in [0.25, 0.3) is 0 Å². The Morgan fingerprint density at radius 1 is 1.15 bits per heavy atom. The number of methoxy groups -OCH3 is 1. The van der Waals surface area contributed by atoms with Gasteiger partial charge in [0, 0.05) is 25.8 Å². The van der Waals surface area contributed by atoms with Gasteiger partial charge in [-0.25, -0.2) is 12.7 Å². The molecule has 0 spiro atoms. The maximum atomic E-state index is 12.0. The lowest BCUT2D eigenvalue weighted by Crippen LogP contribution is -2.22. The number of hydrogen-bond acceptors (Lipinski definition) is 6. The van der Waals surface area contributed by atoms with Crippen LogP contribution in [0, 0.1) is 11.3 Å². The van der Waals surface area contributed by atoms with Crippen molar-refractivity contribution in [2.45, 2.75) is 4.90 Å². The quantitative estimate of drug-likeness (QED) is 0.774. The molecule has 0 atom stereocenters. The summed E-state index contributed by atoms with van der Waals surface area (Å²) in [5.74, 6) is 0.254. The van der Waals surface area contributed by atoms with Crippen molar-refractivity contribution in [3.63, 3.8) is 0 Å². The van der Waals surface area contributed by atoms with E-state index in [4.69, 9.17) is 14.7 Å². The van der Waals surface area contributed by atoms with Gasteiger partial charge in [0.25, 0.3) is 5.91 Å². The van der Waals surface area contributed by atoms with Crippen molar-refractivity contribution in [2.75, 3.05) is 33.1 Å². The number of nitrogens with zero attached hydrogens (tertiary/aromatic N) is 2. The molecule has 2 aromatic carbocycles. The first-order chi connectivity index (χ1) is 12.8. The SMILES string of the molecule is COc1cc(C#N)ccc1OCC(=O)Nc1ccc(S(=O)(=O)N(C)C)cc1. The van der Waals surface area contributed by atoms with Crippen LogP contribution in [0.2, 0.25) is 0 Å². The molecule has 1 N–H and O–H groups in total. The van der Waals surface area contributed by atoms with Crippen molar-refractivity contribution in [3.8, 4) is 17.6 Å². The number of hydrogen-bond donors (Lipinski definition) is 1. The topological polar surface area (TPSA) is 109 Å². The van der Waals surface area contributed by atoms with Gasteiger partial charge >= 0.3 is 0 Å². The molecule has 8 nitrogen and oxygen atoms in total. The summed E-state index contributed by atoms with van der Waals surface area (Å²) in [7, 11) is 0.803. The molecule has 0 fully saturated rings. The first-order valence-corrected chi connectivity index (χ1v) is 9.25. The van der Waals surface area contributed by atoms with Crippen LogP contribution in [0.5, 0.6) is 11.5 Å². The van der Waals surface area contributed by atoms with E-state index in [0.717, 1.165) is 4.31 Å². The van der Waals surface area contributed by atoms with Gasteiger partial charge in [-0.05, 0) is 36.4 Å². The molecule has 142 valence electrons. The predicted octanol–water partition coefficient (Wildman–Crippen LogP) is 1.83. The summed E-state index contributed by atoms with van der Waals surface area (Å²) < 4.78 is 35.7. The molecule has 2 rings (SSSR count). The molecule has 0 bridgehead atoms. The Labute approximate surface area is 158 Å². The van der Waals surface area contributed by atoms with Gasteiger partial charge in [0.15, 0.2) is 18.1 Å². The lowest BCUT2D eigenvalue weighted by Gasteiger charge is -2.13. The van der Waals surface area contributed by atoms with E-state index in [1.54, 1.807) is 12.1 Å². The molecule has 9 heteroatoms. The summed E-state index contributed by atoms with van der Waals surface area (Å²) in [6, 6.07) is 12.4. The van der Waals surface area contributed by atoms with Gasteiger partial charge in [-0.2, -0.15) is 5.26 Å². The summed E-state index contributed by atoms with van der Waals surface area (Å²) in [5.41, 5.74) is 0.851. The van der Waals surface area contributed by atoms with Gasteiger partial charge < -0.3 is 14.8 Å². The smallest absolute Gasteiger partial charge is 0.262 e. The zero-order valence-corrected chi connectivity index (χ0v) is 15.9. The fourth-order valence-electron chi connectivity index (χ4n) is 2.12. The Hall–Kier alpha value is -3.09. The molecule has 0 aromatic heterocycles. The van der Waals surface area contributed by atoms with Crippen LogP contribution in [-0.4, -0.2) is 46.4 Å². The van der Waals surface area contributed by atoms with Crippen molar-refractivity contribution in [3.05, 3.63) is 48.0 Å². The second kappa shape index (κ2) is 8.53. The second-order valence-corrected chi connectivity index (χ2v) is 7.78. The average molecular weight is 389 g/mol. The highest BCUT2D eigenvalue weighted by Crippen LogP contribution is 2.27. The second-order valence-electron chi connectivity index (χ2n) is 5.63. The van der Waals surface area contributed by atoms with Crippen molar-refractivity contribution >= 4 is 21.6 Å². The Balaban J connectivity index is 2.00. The highest BCUT2D eigenvalue weighted by Gasteiger charge is 2.17. The zero-order valence-electron chi connectivity index (χ0n) is 15.1. The third-order valence-corrected chi connectivity index (χ3v) is 5.40. The van der Waals surface area contributed by atoms with E-state index < -0.39 is 15.9 Å². The highest BCUT2D eigenvalue weighted by atomic mass is 32.2. The number of anilines is 1. The minimum absolute atomic E-state index is 0.129. The number of carbonyl (C=O) groups excluding carboxylic acids is 1. The molecular weight excluding hydrogens is 370 g/mol. The Kier molecular flexibility index (Phi) is 6.39. The third-order valence-electron chi connectivity index (χ3n) is 3.57. The molecule has 0 aliphatic heterocycles. The molecule has 27 heavy (non-hydrogen) atoms. The summed E-state index contributed by atoms with van der Waals surface area (Å²) >= 11 is 0. The summed E-state index contributed by atoms with van der Waals surface area (Å²) in [6.45, 7) is -0.278. The number of nitriles is 1. The van der Waals surface area contributed by atoms with Gasteiger partial charge in [0.2, 0.25) is 10.0 Å². The zero-order chi connectivity index (χ0) is 20.0. The highest BCUT2D eigenvalue weighted by molar-refractivity contribution is 7.89. The lowest BCUT2D eigenvalue weighted by molar-refractivity contribution is -0.118. The monoisotopic (exact) mass is 389 g/mol. The van der Waals surface area contributed by atoms with E-state index >= 15 is 0 Å². The normalized spacial score (nSPS) is 10.9. The van der Waals surface area contributed by atoms with E-state index in [9.17, 15) is 13.2 Å². The molecule has 1 amide bonds. The maximum absolute atomic E-state index is 12.0. The number of nitrogens with one attached hydrogen (secondary N) is 1. The third kappa shape index (κ3) is 4.97.